The number of allylic oxidation sites excluding steroid dienone is 1. The molecule has 0 bridgehead atoms. The third-order valence-corrected chi connectivity index (χ3v) is 4.94. The van der Waals surface area contributed by atoms with E-state index in [0.29, 0.717) is 16.8 Å². The van der Waals surface area contributed by atoms with Gasteiger partial charge in [0.25, 0.3) is 0 Å². The van der Waals surface area contributed by atoms with Gasteiger partial charge in [-0.05, 0) is 24.3 Å². The van der Waals surface area contributed by atoms with Crippen molar-refractivity contribution in [1.82, 2.24) is 4.57 Å². The molecule has 0 saturated heterocycles. The van der Waals surface area contributed by atoms with Crippen molar-refractivity contribution in [1.29, 1.82) is 5.26 Å². The van der Waals surface area contributed by atoms with Crippen LogP contribution in [0.2, 0.25) is 0 Å². The first-order valence-electron chi connectivity index (χ1n) is 7.42. The fourth-order valence-electron chi connectivity index (χ4n) is 1.98. The quantitative estimate of drug-likeness (QED) is 0.397. The van der Waals surface area contributed by atoms with Crippen LogP contribution in [0.25, 0.3) is 5.69 Å². The van der Waals surface area contributed by atoms with Gasteiger partial charge < -0.3 is 18.6 Å². The number of rotatable bonds is 8. The maximum atomic E-state index is 11.7. The molecular formula is C16H16N2O6S2. The number of nitriles is 1. The highest BCUT2D eigenvalue weighted by atomic mass is 32.3. The van der Waals surface area contributed by atoms with Crippen molar-refractivity contribution >= 4 is 22.2 Å². The van der Waals surface area contributed by atoms with Gasteiger partial charge in [0.2, 0.25) is 5.88 Å². The molecule has 1 aromatic carbocycles. The van der Waals surface area contributed by atoms with E-state index in [0.717, 1.165) is 22.8 Å². The second-order valence-corrected chi connectivity index (χ2v) is 7.20. The fraction of sp³-hybridized carbons (Fsp3) is 0.188. The molecule has 26 heavy (non-hydrogen) atoms. The van der Waals surface area contributed by atoms with Crippen molar-refractivity contribution in [3.8, 4) is 29.3 Å². The molecule has 0 atom stereocenters. The molecule has 10 heteroatoms. The molecule has 0 spiro atoms. The van der Waals surface area contributed by atoms with E-state index in [9.17, 15) is 18.6 Å². The van der Waals surface area contributed by atoms with Gasteiger partial charge in [0.1, 0.15) is 12.0 Å². The molecule has 1 heterocycles. The Balaban J connectivity index is 2.29. The smallest absolute Gasteiger partial charge is 0.494 e. The van der Waals surface area contributed by atoms with Crippen LogP contribution in [0.5, 0.6) is 17.5 Å². The van der Waals surface area contributed by atoms with E-state index in [-0.39, 0.29) is 17.5 Å². The predicted molar refractivity (Wildman–Crippen MR) is 95.5 cm³/mol. The molecule has 2 N–H and O–H groups in total. The number of nitrogens with zero attached hydrogens (tertiary/aromatic N) is 2. The van der Waals surface area contributed by atoms with Crippen LogP contribution in [-0.2, 0) is 14.6 Å². The number of hydrogen-bond donors (Lipinski definition) is 2. The van der Waals surface area contributed by atoms with E-state index in [4.69, 9.17) is 9.44 Å². The Bertz CT molecular complexity index is 944. The standard InChI is InChI=1S/C16H16N2O6S2/c1-2-9-25-14-11-15(19)18(16(14)20)12-5-3-6-13(10-12)24-26(21,22)23-8-4-7-17/h3-6,8,10-11,19-20H,2,9H2,1H3. The van der Waals surface area contributed by atoms with Crippen molar-refractivity contribution in [2.24, 2.45) is 0 Å². The van der Waals surface area contributed by atoms with Crippen LogP contribution in [0.1, 0.15) is 13.3 Å². The summed E-state index contributed by atoms with van der Waals surface area (Å²) in [6, 6.07) is 8.72. The Morgan fingerprint density at radius 2 is 2.12 bits per heavy atom. The molecule has 2 aromatic rings. The second-order valence-electron chi connectivity index (χ2n) is 4.89. The van der Waals surface area contributed by atoms with Crippen LogP contribution in [0.4, 0.5) is 0 Å². The summed E-state index contributed by atoms with van der Waals surface area (Å²) in [7, 11) is -4.41. The summed E-state index contributed by atoms with van der Waals surface area (Å²) in [5.41, 5.74) is 0.295. The zero-order valence-electron chi connectivity index (χ0n) is 13.7. The Hall–Kier alpha value is -2.77. The van der Waals surface area contributed by atoms with Crippen molar-refractivity contribution in [3.05, 3.63) is 42.7 Å². The Morgan fingerprint density at radius 1 is 1.35 bits per heavy atom. The van der Waals surface area contributed by atoms with E-state index in [2.05, 4.69) is 4.18 Å². The van der Waals surface area contributed by atoms with Gasteiger partial charge in [-0.25, -0.2) is 0 Å². The summed E-state index contributed by atoms with van der Waals surface area (Å²) >= 11 is 1.39. The van der Waals surface area contributed by atoms with Gasteiger partial charge in [0.05, 0.1) is 22.7 Å². The fourth-order valence-corrected chi connectivity index (χ4v) is 3.38. The van der Waals surface area contributed by atoms with Crippen molar-refractivity contribution in [2.75, 3.05) is 5.75 Å². The lowest BCUT2D eigenvalue weighted by molar-refractivity contribution is 0.362. The molecule has 0 unspecified atom stereocenters. The van der Waals surface area contributed by atoms with E-state index in [1.54, 1.807) is 12.1 Å². The molecule has 0 aliphatic carbocycles. The summed E-state index contributed by atoms with van der Waals surface area (Å²) in [5.74, 6) is 0.318. The van der Waals surface area contributed by atoms with E-state index in [1.807, 2.05) is 6.92 Å². The number of aromatic hydroxyl groups is 2. The summed E-state index contributed by atoms with van der Waals surface area (Å²) < 4.78 is 33.6. The molecule has 1 aromatic heterocycles. The van der Waals surface area contributed by atoms with Crippen LogP contribution in [0.15, 0.2) is 47.6 Å². The molecule has 0 radical (unpaired) electrons. The molecule has 0 amide bonds. The van der Waals surface area contributed by atoms with Gasteiger partial charge in [0.15, 0.2) is 5.88 Å². The molecular weight excluding hydrogens is 380 g/mol. The number of benzene rings is 1. The zero-order valence-corrected chi connectivity index (χ0v) is 15.3. The van der Waals surface area contributed by atoms with Gasteiger partial charge in [-0.2, -0.15) is 5.26 Å². The molecule has 8 nitrogen and oxygen atoms in total. The van der Waals surface area contributed by atoms with Crippen molar-refractivity contribution in [2.45, 2.75) is 18.2 Å². The first kappa shape index (κ1) is 19.6. The molecule has 0 aliphatic rings. The lowest BCUT2D eigenvalue weighted by atomic mass is 10.3. The lowest BCUT2D eigenvalue weighted by Crippen LogP contribution is -2.10. The maximum absolute atomic E-state index is 11.7. The van der Waals surface area contributed by atoms with Crippen molar-refractivity contribution in [3.63, 3.8) is 0 Å². The average molecular weight is 396 g/mol. The molecule has 138 valence electrons. The highest BCUT2D eigenvalue weighted by molar-refractivity contribution is 7.99. The predicted octanol–water partition coefficient (Wildman–Crippen LogP) is 3.07. The summed E-state index contributed by atoms with van der Waals surface area (Å²) in [4.78, 5) is 0.508. The van der Waals surface area contributed by atoms with Gasteiger partial charge in [-0.3, -0.25) is 4.57 Å². The average Bonchev–Trinajstić information content (AvgIpc) is 2.86. The van der Waals surface area contributed by atoms with Crippen LogP contribution in [0.3, 0.4) is 0 Å². The number of hydrogen-bond acceptors (Lipinski definition) is 8. The Morgan fingerprint density at radius 3 is 2.81 bits per heavy atom. The third kappa shape index (κ3) is 4.87. The summed E-state index contributed by atoms with van der Waals surface area (Å²) in [5, 5.41) is 28.7. The van der Waals surface area contributed by atoms with Gasteiger partial charge in [0, 0.05) is 12.1 Å². The highest BCUT2D eigenvalue weighted by Gasteiger charge is 2.18. The first-order valence-corrected chi connectivity index (χ1v) is 9.74. The third-order valence-electron chi connectivity index (χ3n) is 2.97. The maximum Gasteiger partial charge on any atom is 0.500 e. The number of aromatic nitrogens is 1. The first-order chi connectivity index (χ1) is 12.4. The lowest BCUT2D eigenvalue weighted by Gasteiger charge is -2.10. The minimum atomic E-state index is -4.41. The molecule has 2 rings (SSSR count). The topological polar surface area (TPSA) is 122 Å². The Labute approximate surface area is 155 Å². The van der Waals surface area contributed by atoms with Gasteiger partial charge in [-0.1, -0.05) is 13.0 Å². The monoisotopic (exact) mass is 396 g/mol. The molecule has 0 fully saturated rings. The van der Waals surface area contributed by atoms with Crippen LogP contribution in [0, 0.1) is 11.3 Å². The van der Waals surface area contributed by atoms with E-state index < -0.39 is 10.4 Å². The Kier molecular flexibility index (Phi) is 6.43. The van der Waals surface area contributed by atoms with Crippen LogP contribution >= 0.6 is 11.8 Å². The van der Waals surface area contributed by atoms with Gasteiger partial charge >= 0.3 is 10.4 Å². The SMILES string of the molecule is CCCSc1cc(O)n(-c2cccc(OS(=O)(=O)OC=CC#N)c2)c1O. The van der Waals surface area contributed by atoms with Crippen LogP contribution < -0.4 is 4.18 Å². The summed E-state index contributed by atoms with van der Waals surface area (Å²) in [6.07, 6.45) is 2.42. The summed E-state index contributed by atoms with van der Waals surface area (Å²) in [6.45, 7) is 2.00. The second kappa shape index (κ2) is 8.55. The van der Waals surface area contributed by atoms with Gasteiger partial charge in [-0.15, -0.1) is 20.2 Å². The normalized spacial score (nSPS) is 11.4. The zero-order chi connectivity index (χ0) is 19.2. The van der Waals surface area contributed by atoms with Crippen LogP contribution in [-0.4, -0.2) is 29.0 Å². The molecule has 0 saturated carbocycles. The van der Waals surface area contributed by atoms with E-state index in [1.165, 1.54) is 36.0 Å². The number of thioether (sulfide) groups is 1. The highest BCUT2D eigenvalue weighted by Crippen LogP contribution is 2.38. The largest absolute Gasteiger partial charge is 0.500 e. The minimum absolute atomic E-state index is 0.0943. The van der Waals surface area contributed by atoms with Crippen molar-refractivity contribution < 1.29 is 27.0 Å². The van der Waals surface area contributed by atoms with E-state index >= 15 is 0 Å². The minimum Gasteiger partial charge on any atom is -0.494 e. The molecule has 0 aliphatic heterocycles.